The van der Waals surface area contributed by atoms with Crippen LogP contribution in [-0.2, 0) is 21.2 Å². The van der Waals surface area contributed by atoms with Crippen LogP contribution in [0.15, 0.2) is 23.1 Å². The third kappa shape index (κ3) is 2.05. The number of sulfonamides is 1. The van der Waals surface area contributed by atoms with Crippen molar-refractivity contribution in [3.05, 3.63) is 23.8 Å². The van der Waals surface area contributed by atoms with Crippen molar-refractivity contribution in [2.75, 3.05) is 18.5 Å². The lowest BCUT2D eigenvalue weighted by atomic mass is 10.2. The third-order valence-electron chi connectivity index (χ3n) is 2.91. The second kappa shape index (κ2) is 4.12. The number of nitrogens with one attached hydrogen (secondary N) is 1. The second-order valence-electron chi connectivity index (χ2n) is 3.92. The number of hydrogen-bond donors (Lipinski definition) is 1. The summed E-state index contributed by atoms with van der Waals surface area (Å²) >= 11 is 0. The van der Waals surface area contributed by atoms with Gasteiger partial charge in [-0.15, -0.1) is 0 Å². The molecular weight excluding hydrogens is 240 g/mol. The van der Waals surface area contributed by atoms with Gasteiger partial charge in [-0.25, -0.2) is 13.1 Å². The Kier molecular flexibility index (Phi) is 2.92. The third-order valence-corrected chi connectivity index (χ3v) is 4.32. The Morgan fingerprint density at radius 1 is 1.41 bits per heavy atom. The van der Waals surface area contributed by atoms with Gasteiger partial charge in [0.05, 0.1) is 4.90 Å². The summed E-state index contributed by atoms with van der Waals surface area (Å²) in [6.45, 7) is 2.13. The van der Waals surface area contributed by atoms with E-state index in [1.807, 2.05) is 0 Å². The molecule has 1 aliphatic rings. The van der Waals surface area contributed by atoms with Gasteiger partial charge in [0.1, 0.15) is 0 Å². The van der Waals surface area contributed by atoms with E-state index >= 15 is 0 Å². The van der Waals surface area contributed by atoms with E-state index in [-0.39, 0.29) is 10.8 Å². The van der Waals surface area contributed by atoms with Crippen LogP contribution in [0.1, 0.15) is 12.5 Å². The van der Waals surface area contributed by atoms with Crippen molar-refractivity contribution < 1.29 is 13.2 Å². The van der Waals surface area contributed by atoms with Crippen LogP contribution in [0.2, 0.25) is 0 Å². The average molecular weight is 254 g/mol. The van der Waals surface area contributed by atoms with Crippen molar-refractivity contribution in [1.29, 1.82) is 0 Å². The van der Waals surface area contributed by atoms with Crippen molar-refractivity contribution in [3.63, 3.8) is 0 Å². The highest BCUT2D eigenvalue weighted by Gasteiger charge is 2.24. The molecule has 92 valence electrons. The van der Waals surface area contributed by atoms with Crippen molar-refractivity contribution in [3.8, 4) is 0 Å². The SMILES string of the molecule is CNS(=O)(=O)c1ccc2c(c1)CCN2C(C)=O. The number of nitrogens with zero attached hydrogens (tertiary/aromatic N) is 1. The van der Waals surface area contributed by atoms with Crippen LogP contribution in [0.25, 0.3) is 0 Å². The molecule has 0 aliphatic carbocycles. The van der Waals surface area contributed by atoms with Crippen molar-refractivity contribution in [2.45, 2.75) is 18.2 Å². The molecule has 0 unspecified atom stereocenters. The molecule has 1 aromatic rings. The summed E-state index contributed by atoms with van der Waals surface area (Å²) in [6, 6.07) is 4.84. The van der Waals surface area contributed by atoms with Gasteiger partial charge in [-0.05, 0) is 37.2 Å². The molecule has 0 aromatic heterocycles. The Bertz CT molecular complexity index is 566. The first-order chi connectivity index (χ1) is 7.95. The summed E-state index contributed by atoms with van der Waals surface area (Å²) in [4.78, 5) is 13.2. The van der Waals surface area contributed by atoms with Gasteiger partial charge in [-0.1, -0.05) is 0 Å². The van der Waals surface area contributed by atoms with Crippen LogP contribution < -0.4 is 9.62 Å². The Balaban J connectivity index is 2.45. The number of rotatable bonds is 2. The van der Waals surface area contributed by atoms with E-state index in [2.05, 4.69) is 4.72 Å². The second-order valence-corrected chi connectivity index (χ2v) is 5.81. The molecule has 6 heteroatoms. The fourth-order valence-corrected chi connectivity index (χ4v) is 2.77. The number of amides is 1. The fraction of sp³-hybridized carbons (Fsp3) is 0.364. The minimum Gasteiger partial charge on any atom is -0.312 e. The van der Waals surface area contributed by atoms with Crippen molar-refractivity contribution in [1.82, 2.24) is 4.72 Å². The monoisotopic (exact) mass is 254 g/mol. The predicted molar refractivity (Wildman–Crippen MR) is 64.4 cm³/mol. The van der Waals surface area contributed by atoms with Gasteiger partial charge >= 0.3 is 0 Å². The van der Waals surface area contributed by atoms with Crippen LogP contribution in [0.4, 0.5) is 5.69 Å². The summed E-state index contributed by atoms with van der Waals surface area (Å²) in [7, 11) is -2.03. The topological polar surface area (TPSA) is 66.5 Å². The smallest absolute Gasteiger partial charge is 0.240 e. The van der Waals surface area contributed by atoms with Crippen LogP contribution in [-0.4, -0.2) is 27.9 Å². The molecule has 2 rings (SSSR count). The number of carbonyl (C=O) groups is 1. The molecule has 1 heterocycles. The molecule has 0 saturated carbocycles. The molecule has 1 N–H and O–H groups in total. The van der Waals surface area contributed by atoms with E-state index < -0.39 is 10.0 Å². The maximum absolute atomic E-state index is 11.6. The highest BCUT2D eigenvalue weighted by molar-refractivity contribution is 7.89. The Labute approximate surface area is 100 Å². The molecular formula is C11H14N2O3S. The average Bonchev–Trinajstić information content (AvgIpc) is 2.71. The Morgan fingerprint density at radius 2 is 2.12 bits per heavy atom. The van der Waals surface area contributed by atoms with Crippen molar-refractivity contribution in [2.24, 2.45) is 0 Å². The summed E-state index contributed by atoms with van der Waals surface area (Å²) in [5.74, 6) is -0.0204. The lowest BCUT2D eigenvalue weighted by Crippen LogP contribution is -2.25. The van der Waals surface area contributed by atoms with E-state index in [9.17, 15) is 13.2 Å². The van der Waals surface area contributed by atoms with Gasteiger partial charge < -0.3 is 4.90 Å². The van der Waals surface area contributed by atoms with Crippen LogP contribution in [0.3, 0.4) is 0 Å². The quantitative estimate of drug-likeness (QED) is 0.836. The lowest BCUT2D eigenvalue weighted by molar-refractivity contribution is -0.116. The first-order valence-electron chi connectivity index (χ1n) is 5.30. The zero-order chi connectivity index (χ0) is 12.6. The van der Waals surface area contributed by atoms with E-state index in [1.165, 1.54) is 20.0 Å². The predicted octanol–water partition coefficient (Wildman–Crippen LogP) is 0.504. The number of benzene rings is 1. The maximum Gasteiger partial charge on any atom is 0.240 e. The van der Waals surface area contributed by atoms with E-state index in [4.69, 9.17) is 0 Å². The molecule has 0 radical (unpaired) electrons. The van der Waals surface area contributed by atoms with Gasteiger partial charge in [-0.2, -0.15) is 0 Å². The molecule has 0 saturated heterocycles. The van der Waals surface area contributed by atoms with Gasteiger partial charge in [0.2, 0.25) is 15.9 Å². The molecule has 1 aromatic carbocycles. The Morgan fingerprint density at radius 3 is 2.71 bits per heavy atom. The molecule has 0 fully saturated rings. The molecule has 5 nitrogen and oxygen atoms in total. The standard InChI is InChI=1S/C11H14N2O3S/c1-8(14)13-6-5-9-7-10(3-4-11(9)13)17(15,16)12-2/h3-4,7,12H,5-6H2,1-2H3. The highest BCUT2D eigenvalue weighted by atomic mass is 32.2. The van der Waals surface area contributed by atoms with E-state index in [0.717, 1.165) is 11.3 Å². The highest BCUT2D eigenvalue weighted by Crippen LogP contribution is 2.29. The number of anilines is 1. The minimum absolute atomic E-state index is 0.0204. The zero-order valence-corrected chi connectivity index (χ0v) is 10.5. The van der Waals surface area contributed by atoms with Crippen LogP contribution in [0.5, 0.6) is 0 Å². The molecule has 0 atom stereocenters. The van der Waals surface area contributed by atoms with Crippen LogP contribution in [0, 0.1) is 0 Å². The summed E-state index contributed by atoms with van der Waals surface area (Å²) in [6.07, 6.45) is 0.696. The molecule has 17 heavy (non-hydrogen) atoms. The lowest BCUT2D eigenvalue weighted by Gasteiger charge is -2.14. The molecule has 1 amide bonds. The molecule has 0 bridgehead atoms. The Hall–Kier alpha value is -1.40. The van der Waals surface area contributed by atoms with E-state index in [1.54, 1.807) is 17.0 Å². The fourth-order valence-electron chi connectivity index (χ4n) is 1.99. The molecule has 1 aliphatic heterocycles. The van der Waals surface area contributed by atoms with Crippen molar-refractivity contribution >= 4 is 21.6 Å². The van der Waals surface area contributed by atoms with Gasteiger partial charge in [0.15, 0.2) is 0 Å². The number of carbonyl (C=O) groups excluding carboxylic acids is 1. The normalized spacial score (nSPS) is 14.8. The number of hydrogen-bond acceptors (Lipinski definition) is 3. The van der Waals surface area contributed by atoms with Gasteiger partial charge in [-0.3, -0.25) is 4.79 Å². The first-order valence-corrected chi connectivity index (χ1v) is 6.78. The zero-order valence-electron chi connectivity index (χ0n) is 9.73. The van der Waals surface area contributed by atoms with Gasteiger partial charge in [0.25, 0.3) is 0 Å². The van der Waals surface area contributed by atoms with E-state index in [0.29, 0.717) is 13.0 Å². The van der Waals surface area contributed by atoms with Gasteiger partial charge in [0, 0.05) is 19.2 Å². The minimum atomic E-state index is -3.41. The maximum atomic E-state index is 11.6. The summed E-state index contributed by atoms with van der Waals surface area (Å²) < 4.78 is 25.5. The van der Waals surface area contributed by atoms with Crippen LogP contribution >= 0.6 is 0 Å². The largest absolute Gasteiger partial charge is 0.312 e. The summed E-state index contributed by atoms with van der Waals surface area (Å²) in [5, 5.41) is 0. The first kappa shape index (κ1) is 12.1. The summed E-state index contributed by atoms with van der Waals surface area (Å²) in [5.41, 5.74) is 1.71. The number of fused-ring (bicyclic) bond motifs is 1. The molecule has 0 spiro atoms.